The van der Waals surface area contributed by atoms with Gasteiger partial charge >= 0.3 is 0 Å². The zero-order valence-corrected chi connectivity index (χ0v) is 11.7. The summed E-state index contributed by atoms with van der Waals surface area (Å²) in [7, 11) is 0. The highest BCUT2D eigenvalue weighted by Gasteiger charge is 2.02. The van der Waals surface area contributed by atoms with Gasteiger partial charge in [-0.15, -0.1) is 0 Å². The molecule has 5 heteroatoms. The molecule has 0 saturated carbocycles. The van der Waals surface area contributed by atoms with Gasteiger partial charge in [0, 0.05) is 11.8 Å². The van der Waals surface area contributed by atoms with Gasteiger partial charge < -0.3 is 10.3 Å². The van der Waals surface area contributed by atoms with Crippen LogP contribution in [0.15, 0.2) is 28.8 Å². The van der Waals surface area contributed by atoms with E-state index >= 15 is 0 Å². The lowest BCUT2D eigenvalue weighted by Crippen LogP contribution is -1.85. The Kier molecular flexibility index (Phi) is 5.03. The van der Waals surface area contributed by atoms with Crippen molar-refractivity contribution in [1.82, 2.24) is 10.1 Å². The first kappa shape index (κ1) is 13.7. The van der Waals surface area contributed by atoms with Crippen LogP contribution >= 0.6 is 11.8 Å². The second-order valence-electron chi connectivity index (χ2n) is 4.10. The van der Waals surface area contributed by atoms with Gasteiger partial charge in [-0.25, -0.2) is 0 Å². The molecule has 0 spiro atoms. The van der Waals surface area contributed by atoms with Crippen LogP contribution in [0.3, 0.4) is 0 Å². The van der Waals surface area contributed by atoms with E-state index in [9.17, 15) is 0 Å². The van der Waals surface area contributed by atoms with Crippen molar-refractivity contribution >= 4 is 29.6 Å². The maximum absolute atomic E-state index is 5.63. The van der Waals surface area contributed by atoms with Gasteiger partial charge in [-0.3, -0.25) is 0 Å². The molecule has 2 N–H and O–H groups in total. The van der Waals surface area contributed by atoms with Crippen LogP contribution in [0.1, 0.15) is 30.6 Å². The van der Waals surface area contributed by atoms with Crippen LogP contribution in [-0.4, -0.2) is 15.9 Å². The minimum Gasteiger partial charge on any atom is -0.399 e. The van der Waals surface area contributed by atoms with E-state index in [0.717, 1.165) is 35.0 Å². The van der Waals surface area contributed by atoms with Crippen molar-refractivity contribution in [3.63, 3.8) is 0 Å². The van der Waals surface area contributed by atoms with E-state index in [4.69, 9.17) is 10.3 Å². The van der Waals surface area contributed by atoms with Crippen LogP contribution in [0, 0.1) is 0 Å². The maximum Gasteiger partial charge on any atom is 0.250 e. The first-order valence-electron chi connectivity index (χ1n) is 6.22. The molecule has 1 aromatic carbocycles. The fraction of sp³-hybridized carbons (Fsp3) is 0.286. The predicted octanol–water partition coefficient (Wildman–Crippen LogP) is 3.47. The molecule has 2 aromatic rings. The van der Waals surface area contributed by atoms with Crippen molar-refractivity contribution in [2.24, 2.45) is 0 Å². The highest BCUT2D eigenvalue weighted by molar-refractivity contribution is 7.98. The van der Waals surface area contributed by atoms with Crippen molar-refractivity contribution in [2.75, 3.05) is 11.5 Å². The smallest absolute Gasteiger partial charge is 0.250 e. The van der Waals surface area contributed by atoms with Gasteiger partial charge in [-0.2, -0.15) is 16.7 Å². The summed E-state index contributed by atoms with van der Waals surface area (Å²) in [5, 5.41) is 3.94. The van der Waals surface area contributed by atoms with Crippen LogP contribution in [0.4, 0.5) is 5.69 Å². The number of anilines is 1. The molecule has 0 saturated heterocycles. The fourth-order valence-corrected chi connectivity index (χ4v) is 2.21. The average molecular weight is 275 g/mol. The lowest BCUT2D eigenvalue weighted by atomic mass is 10.2. The third kappa shape index (κ3) is 4.44. The molecule has 0 aliphatic rings. The van der Waals surface area contributed by atoms with Crippen molar-refractivity contribution in [3.05, 3.63) is 41.5 Å². The van der Waals surface area contributed by atoms with Crippen LogP contribution < -0.4 is 5.73 Å². The summed E-state index contributed by atoms with van der Waals surface area (Å²) in [4.78, 5) is 4.30. The topological polar surface area (TPSA) is 64.9 Å². The van der Waals surface area contributed by atoms with E-state index in [1.165, 1.54) is 0 Å². The second kappa shape index (κ2) is 6.99. The molecule has 100 valence electrons. The monoisotopic (exact) mass is 275 g/mol. The summed E-state index contributed by atoms with van der Waals surface area (Å²) in [5.74, 6) is 3.19. The molecule has 0 unspecified atom stereocenters. The number of nitrogen functional groups attached to an aromatic ring is 1. The third-order valence-electron chi connectivity index (χ3n) is 2.42. The van der Waals surface area contributed by atoms with Gasteiger partial charge in [0.05, 0.1) is 5.75 Å². The minimum atomic E-state index is 0.531. The summed E-state index contributed by atoms with van der Waals surface area (Å²) in [6, 6.07) is 7.61. The summed E-state index contributed by atoms with van der Waals surface area (Å²) < 4.78 is 5.15. The molecule has 0 fully saturated rings. The predicted molar refractivity (Wildman–Crippen MR) is 80.5 cm³/mol. The first-order valence-corrected chi connectivity index (χ1v) is 7.37. The Bertz CT molecular complexity index is 534. The van der Waals surface area contributed by atoms with Gasteiger partial charge in [0.25, 0.3) is 5.89 Å². The maximum atomic E-state index is 5.63. The van der Waals surface area contributed by atoms with Crippen LogP contribution in [0.5, 0.6) is 0 Å². The molecule has 0 amide bonds. The van der Waals surface area contributed by atoms with Gasteiger partial charge in [-0.05, 0) is 35.9 Å². The number of benzene rings is 1. The van der Waals surface area contributed by atoms with E-state index in [0.29, 0.717) is 5.89 Å². The minimum absolute atomic E-state index is 0.531. The standard InChI is InChI=1S/C14H17N3OS/c1-2-9-19-10-13-16-14(18-17-13)8-5-11-3-6-12(15)7-4-11/h3-8H,2,9-10,15H2,1H3/b8-5+. The Hall–Kier alpha value is -1.75. The number of nitrogens with zero attached hydrogens (tertiary/aromatic N) is 2. The molecule has 0 atom stereocenters. The van der Waals surface area contributed by atoms with Crippen molar-refractivity contribution in [3.8, 4) is 0 Å². The number of nitrogens with two attached hydrogens (primary N) is 1. The summed E-state index contributed by atoms with van der Waals surface area (Å²) in [6.45, 7) is 2.16. The van der Waals surface area contributed by atoms with Crippen LogP contribution in [-0.2, 0) is 5.75 Å². The molecule has 0 aliphatic carbocycles. The van der Waals surface area contributed by atoms with Crippen LogP contribution in [0.2, 0.25) is 0 Å². The first-order chi connectivity index (χ1) is 9.28. The van der Waals surface area contributed by atoms with Crippen LogP contribution in [0.25, 0.3) is 12.2 Å². The van der Waals surface area contributed by atoms with Crippen molar-refractivity contribution in [1.29, 1.82) is 0 Å². The van der Waals surface area contributed by atoms with E-state index in [-0.39, 0.29) is 0 Å². The molecule has 19 heavy (non-hydrogen) atoms. The quantitative estimate of drug-likeness (QED) is 0.646. The molecular weight excluding hydrogens is 258 g/mol. The molecule has 0 bridgehead atoms. The summed E-state index contributed by atoms with van der Waals surface area (Å²) in [5.41, 5.74) is 7.43. The highest BCUT2D eigenvalue weighted by Crippen LogP contribution is 2.12. The zero-order chi connectivity index (χ0) is 13.5. The fourth-order valence-electron chi connectivity index (χ4n) is 1.48. The average Bonchev–Trinajstić information content (AvgIpc) is 2.86. The number of rotatable bonds is 6. The lowest BCUT2D eigenvalue weighted by Gasteiger charge is -1.93. The molecule has 1 heterocycles. The number of thioether (sulfide) groups is 1. The van der Waals surface area contributed by atoms with Crippen molar-refractivity contribution < 1.29 is 4.52 Å². The Labute approximate surface area is 117 Å². The van der Waals surface area contributed by atoms with E-state index in [1.54, 1.807) is 0 Å². The molecule has 0 aliphatic heterocycles. The van der Waals surface area contributed by atoms with Crippen molar-refractivity contribution in [2.45, 2.75) is 19.1 Å². The third-order valence-corrected chi connectivity index (χ3v) is 3.58. The Balaban J connectivity index is 1.93. The number of hydrogen-bond acceptors (Lipinski definition) is 5. The highest BCUT2D eigenvalue weighted by atomic mass is 32.2. The Morgan fingerprint density at radius 2 is 2.05 bits per heavy atom. The molecule has 1 aromatic heterocycles. The normalized spacial score (nSPS) is 11.2. The largest absolute Gasteiger partial charge is 0.399 e. The summed E-state index contributed by atoms with van der Waals surface area (Å²) >= 11 is 1.81. The molecule has 4 nitrogen and oxygen atoms in total. The lowest BCUT2D eigenvalue weighted by molar-refractivity contribution is 0.405. The van der Waals surface area contributed by atoms with E-state index in [2.05, 4.69) is 17.1 Å². The number of hydrogen-bond donors (Lipinski definition) is 1. The SMILES string of the molecule is CCCSCc1noc(/C=C/c2ccc(N)cc2)n1. The zero-order valence-electron chi connectivity index (χ0n) is 10.9. The molecule has 2 rings (SSSR count). The van der Waals surface area contributed by atoms with E-state index in [1.807, 2.05) is 48.2 Å². The number of aromatic nitrogens is 2. The molecule has 0 radical (unpaired) electrons. The van der Waals surface area contributed by atoms with Gasteiger partial charge in [0.2, 0.25) is 0 Å². The Morgan fingerprint density at radius 1 is 1.26 bits per heavy atom. The van der Waals surface area contributed by atoms with Gasteiger partial charge in [0.15, 0.2) is 5.82 Å². The second-order valence-corrected chi connectivity index (χ2v) is 5.21. The van der Waals surface area contributed by atoms with Gasteiger partial charge in [0.1, 0.15) is 0 Å². The summed E-state index contributed by atoms with van der Waals surface area (Å²) in [6.07, 6.45) is 4.90. The van der Waals surface area contributed by atoms with E-state index < -0.39 is 0 Å². The molecular formula is C14H17N3OS. The Morgan fingerprint density at radius 3 is 2.79 bits per heavy atom. The van der Waals surface area contributed by atoms with Gasteiger partial charge in [-0.1, -0.05) is 24.2 Å².